The van der Waals surface area contributed by atoms with Gasteiger partial charge in [-0.15, -0.1) is 0 Å². The van der Waals surface area contributed by atoms with Crippen molar-refractivity contribution in [2.45, 2.75) is 56.6 Å². The molecule has 16 heavy (non-hydrogen) atoms. The van der Waals surface area contributed by atoms with Crippen molar-refractivity contribution >= 4 is 0 Å². The molecule has 2 N–H and O–H groups in total. The van der Waals surface area contributed by atoms with Crippen LogP contribution in [0.25, 0.3) is 0 Å². The number of hydrogen-bond donors (Lipinski definition) is 1. The molecule has 0 radical (unpaired) electrons. The first-order valence-corrected chi connectivity index (χ1v) is 6.80. The normalized spacial score (nSPS) is 29.2. The highest BCUT2D eigenvalue weighted by Crippen LogP contribution is 2.38. The molecule has 0 aromatic carbocycles. The lowest BCUT2D eigenvalue weighted by molar-refractivity contribution is -0.106. The van der Waals surface area contributed by atoms with E-state index >= 15 is 0 Å². The van der Waals surface area contributed by atoms with Crippen LogP contribution in [-0.4, -0.2) is 43.3 Å². The van der Waals surface area contributed by atoms with Crippen LogP contribution in [0.2, 0.25) is 0 Å². The average Bonchev–Trinajstić information content (AvgIpc) is 2.61. The standard InChI is InChI=1S/C13H26N2O/c1-15-10-2-4-12(15)5-11-16-13(8-9-14)6-3-7-13/h12H,2-11,14H2,1H3. The highest BCUT2D eigenvalue weighted by molar-refractivity contribution is 4.90. The van der Waals surface area contributed by atoms with Gasteiger partial charge >= 0.3 is 0 Å². The van der Waals surface area contributed by atoms with Crippen LogP contribution in [-0.2, 0) is 4.74 Å². The lowest BCUT2D eigenvalue weighted by Gasteiger charge is -2.42. The molecule has 0 amide bonds. The summed E-state index contributed by atoms with van der Waals surface area (Å²) in [5.74, 6) is 0. The Hall–Kier alpha value is -0.120. The summed E-state index contributed by atoms with van der Waals surface area (Å²) in [6.07, 6.45) is 8.73. The Balaban J connectivity index is 1.66. The van der Waals surface area contributed by atoms with E-state index in [-0.39, 0.29) is 5.60 Å². The Labute approximate surface area is 99.3 Å². The van der Waals surface area contributed by atoms with Crippen LogP contribution in [0.1, 0.15) is 44.9 Å². The number of nitrogens with two attached hydrogens (primary N) is 1. The van der Waals surface area contributed by atoms with E-state index in [1.165, 1.54) is 45.1 Å². The first-order valence-electron chi connectivity index (χ1n) is 6.80. The predicted octanol–water partition coefficient (Wildman–Crippen LogP) is 1.76. The van der Waals surface area contributed by atoms with Crippen molar-refractivity contribution in [3.8, 4) is 0 Å². The summed E-state index contributed by atoms with van der Waals surface area (Å²) in [4.78, 5) is 2.47. The maximum absolute atomic E-state index is 6.11. The zero-order valence-corrected chi connectivity index (χ0v) is 10.6. The van der Waals surface area contributed by atoms with Crippen molar-refractivity contribution in [1.82, 2.24) is 4.90 Å². The molecular formula is C13H26N2O. The number of ether oxygens (including phenoxy) is 1. The van der Waals surface area contributed by atoms with Crippen molar-refractivity contribution in [3.63, 3.8) is 0 Å². The van der Waals surface area contributed by atoms with Gasteiger partial charge in [0.1, 0.15) is 0 Å². The van der Waals surface area contributed by atoms with Crippen molar-refractivity contribution in [3.05, 3.63) is 0 Å². The van der Waals surface area contributed by atoms with Gasteiger partial charge in [-0.1, -0.05) is 0 Å². The summed E-state index contributed by atoms with van der Waals surface area (Å²) in [5.41, 5.74) is 5.82. The van der Waals surface area contributed by atoms with Gasteiger partial charge in [0.05, 0.1) is 5.60 Å². The van der Waals surface area contributed by atoms with E-state index in [2.05, 4.69) is 11.9 Å². The molecule has 2 fully saturated rings. The average molecular weight is 226 g/mol. The number of hydrogen-bond acceptors (Lipinski definition) is 3. The van der Waals surface area contributed by atoms with Gasteiger partial charge in [-0.3, -0.25) is 0 Å². The molecule has 0 aromatic heterocycles. The fourth-order valence-corrected chi connectivity index (χ4v) is 3.06. The molecule has 0 spiro atoms. The molecule has 1 unspecified atom stereocenters. The van der Waals surface area contributed by atoms with E-state index in [4.69, 9.17) is 10.5 Å². The molecule has 1 aliphatic heterocycles. The maximum Gasteiger partial charge on any atom is 0.0694 e. The minimum absolute atomic E-state index is 0.173. The molecular weight excluding hydrogens is 200 g/mol. The molecule has 0 bridgehead atoms. The second-order valence-corrected chi connectivity index (χ2v) is 5.49. The van der Waals surface area contributed by atoms with Gasteiger partial charge in [0.15, 0.2) is 0 Å². The summed E-state index contributed by atoms with van der Waals surface area (Å²) in [6.45, 7) is 2.96. The summed E-state index contributed by atoms with van der Waals surface area (Å²) >= 11 is 0. The van der Waals surface area contributed by atoms with Crippen LogP contribution in [0.3, 0.4) is 0 Å². The lowest BCUT2D eigenvalue weighted by atomic mass is 9.77. The van der Waals surface area contributed by atoms with Crippen LogP contribution in [0.4, 0.5) is 0 Å². The predicted molar refractivity (Wildman–Crippen MR) is 66.5 cm³/mol. The molecule has 1 saturated heterocycles. The summed E-state index contributed by atoms with van der Waals surface area (Å²) in [6, 6.07) is 0.759. The van der Waals surface area contributed by atoms with Crippen molar-refractivity contribution in [2.24, 2.45) is 5.73 Å². The van der Waals surface area contributed by atoms with Crippen LogP contribution in [0.5, 0.6) is 0 Å². The van der Waals surface area contributed by atoms with E-state index in [1.54, 1.807) is 0 Å². The van der Waals surface area contributed by atoms with Gasteiger partial charge in [0, 0.05) is 12.6 Å². The zero-order valence-electron chi connectivity index (χ0n) is 10.6. The van der Waals surface area contributed by atoms with Crippen LogP contribution in [0.15, 0.2) is 0 Å². The Morgan fingerprint density at radius 1 is 1.38 bits per heavy atom. The molecule has 1 saturated carbocycles. The van der Waals surface area contributed by atoms with Gasteiger partial charge < -0.3 is 15.4 Å². The fourth-order valence-electron chi connectivity index (χ4n) is 3.06. The molecule has 94 valence electrons. The van der Waals surface area contributed by atoms with E-state index in [0.717, 1.165) is 25.6 Å². The maximum atomic E-state index is 6.11. The number of likely N-dealkylation sites (tertiary alicyclic amines) is 1. The van der Waals surface area contributed by atoms with E-state index in [9.17, 15) is 0 Å². The second-order valence-electron chi connectivity index (χ2n) is 5.49. The Morgan fingerprint density at radius 2 is 2.19 bits per heavy atom. The Morgan fingerprint density at radius 3 is 2.69 bits per heavy atom. The molecule has 0 aromatic rings. The topological polar surface area (TPSA) is 38.5 Å². The minimum Gasteiger partial charge on any atom is -0.375 e. The molecule has 2 rings (SSSR count). The third-order valence-corrected chi connectivity index (χ3v) is 4.40. The molecule has 3 heteroatoms. The fraction of sp³-hybridized carbons (Fsp3) is 1.00. The molecule has 1 heterocycles. The van der Waals surface area contributed by atoms with E-state index < -0.39 is 0 Å². The minimum atomic E-state index is 0.173. The van der Waals surface area contributed by atoms with E-state index in [0.29, 0.717) is 0 Å². The Bertz CT molecular complexity index is 216. The SMILES string of the molecule is CN1CCCC1CCOC1(CCN)CCC1. The molecule has 2 aliphatic rings. The third-order valence-electron chi connectivity index (χ3n) is 4.40. The quantitative estimate of drug-likeness (QED) is 0.750. The highest BCUT2D eigenvalue weighted by atomic mass is 16.5. The number of nitrogens with zero attached hydrogens (tertiary/aromatic N) is 1. The summed E-state index contributed by atoms with van der Waals surface area (Å²) in [5, 5.41) is 0. The Kier molecular flexibility index (Phi) is 4.22. The first-order chi connectivity index (χ1) is 7.76. The van der Waals surface area contributed by atoms with Gasteiger partial charge in [0.2, 0.25) is 0 Å². The van der Waals surface area contributed by atoms with Gasteiger partial charge in [-0.25, -0.2) is 0 Å². The van der Waals surface area contributed by atoms with Crippen molar-refractivity contribution in [2.75, 3.05) is 26.7 Å². The molecule has 1 aliphatic carbocycles. The van der Waals surface area contributed by atoms with Crippen molar-refractivity contribution in [1.29, 1.82) is 0 Å². The van der Waals surface area contributed by atoms with Gasteiger partial charge in [0.25, 0.3) is 0 Å². The largest absolute Gasteiger partial charge is 0.375 e. The summed E-state index contributed by atoms with van der Waals surface area (Å²) in [7, 11) is 2.23. The summed E-state index contributed by atoms with van der Waals surface area (Å²) < 4.78 is 6.11. The van der Waals surface area contributed by atoms with Gasteiger partial charge in [-0.2, -0.15) is 0 Å². The monoisotopic (exact) mass is 226 g/mol. The van der Waals surface area contributed by atoms with Crippen LogP contribution < -0.4 is 5.73 Å². The highest BCUT2D eigenvalue weighted by Gasteiger charge is 2.37. The van der Waals surface area contributed by atoms with E-state index in [1.807, 2.05) is 0 Å². The van der Waals surface area contributed by atoms with Crippen molar-refractivity contribution < 1.29 is 4.74 Å². The second kappa shape index (κ2) is 5.48. The van der Waals surface area contributed by atoms with Gasteiger partial charge in [-0.05, 0) is 65.1 Å². The van der Waals surface area contributed by atoms with Crippen LogP contribution in [0, 0.1) is 0 Å². The zero-order chi connectivity index (χ0) is 11.4. The molecule has 1 atom stereocenters. The number of rotatable bonds is 6. The smallest absolute Gasteiger partial charge is 0.0694 e. The lowest BCUT2D eigenvalue weighted by Crippen LogP contribution is -2.42. The first kappa shape index (κ1) is 12.3. The molecule has 3 nitrogen and oxygen atoms in total. The third kappa shape index (κ3) is 2.76. The van der Waals surface area contributed by atoms with Crippen LogP contribution >= 0.6 is 0 Å².